The maximum Gasteiger partial charge on any atom is 0.119 e. The average Bonchev–Trinajstić information content (AvgIpc) is 3.07. The summed E-state index contributed by atoms with van der Waals surface area (Å²) >= 11 is 1.72. The summed E-state index contributed by atoms with van der Waals surface area (Å²) in [7, 11) is 0. The van der Waals surface area contributed by atoms with Crippen molar-refractivity contribution in [1.29, 1.82) is 0 Å². The third-order valence-electron chi connectivity index (χ3n) is 4.10. The smallest absolute Gasteiger partial charge is 0.119 e. The molecule has 4 nitrogen and oxygen atoms in total. The molecule has 0 bridgehead atoms. The van der Waals surface area contributed by atoms with E-state index in [0.717, 1.165) is 10.5 Å². The zero-order chi connectivity index (χ0) is 18.6. The summed E-state index contributed by atoms with van der Waals surface area (Å²) in [5, 5.41) is 19.2. The van der Waals surface area contributed by atoms with Crippen molar-refractivity contribution in [3.63, 3.8) is 0 Å². The van der Waals surface area contributed by atoms with E-state index in [1.807, 2.05) is 34.9 Å². The maximum absolute atomic E-state index is 11.5. The van der Waals surface area contributed by atoms with Gasteiger partial charge in [0, 0.05) is 9.79 Å². The van der Waals surface area contributed by atoms with Gasteiger partial charge in [-0.05, 0) is 41.7 Å². The molecule has 5 heteroatoms. The van der Waals surface area contributed by atoms with Crippen LogP contribution in [0.3, 0.4) is 0 Å². The van der Waals surface area contributed by atoms with Crippen molar-refractivity contribution in [2.24, 2.45) is 5.41 Å². The van der Waals surface area contributed by atoms with E-state index in [1.165, 1.54) is 4.90 Å². The first-order valence-electron chi connectivity index (χ1n) is 8.72. The Labute approximate surface area is 159 Å². The Bertz CT molecular complexity index is 811. The van der Waals surface area contributed by atoms with Gasteiger partial charge in [-0.1, -0.05) is 62.9 Å². The fraction of sp³-hybridized carbons (Fsp3) is 0.333. The molecule has 3 rings (SSSR count). The highest BCUT2D eigenvalue weighted by molar-refractivity contribution is 7.99. The van der Waals surface area contributed by atoms with E-state index in [9.17, 15) is 5.11 Å². The molecule has 1 heterocycles. The number of hydrogen-bond acceptors (Lipinski definition) is 4. The van der Waals surface area contributed by atoms with Crippen LogP contribution in [0.2, 0.25) is 0 Å². The van der Waals surface area contributed by atoms with Gasteiger partial charge in [0.2, 0.25) is 0 Å². The van der Waals surface area contributed by atoms with E-state index in [4.69, 9.17) is 0 Å². The molecule has 0 aliphatic rings. The monoisotopic (exact) mass is 367 g/mol. The highest BCUT2D eigenvalue weighted by Gasteiger charge is 2.34. The fourth-order valence-electron chi connectivity index (χ4n) is 3.19. The first-order valence-corrected chi connectivity index (χ1v) is 9.54. The van der Waals surface area contributed by atoms with E-state index >= 15 is 0 Å². The van der Waals surface area contributed by atoms with Gasteiger partial charge in [0.1, 0.15) is 18.3 Å². The minimum atomic E-state index is -0.976. The van der Waals surface area contributed by atoms with Crippen molar-refractivity contribution in [3.8, 4) is 0 Å². The summed E-state index contributed by atoms with van der Waals surface area (Å²) in [5.74, 6) is 0. The SMILES string of the molecule is CC(C)(C)CC(O)(Cn1cnnc1)c1ccc(Sc2ccccc2)cc1. The third-order valence-corrected chi connectivity index (χ3v) is 5.12. The molecule has 0 fully saturated rings. The highest BCUT2D eigenvalue weighted by atomic mass is 32.2. The summed E-state index contributed by atoms with van der Waals surface area (Å²) in [6.07, 6.45) is 3.93. The van der Waals surface area contributed by atoms with Crippen LogP contribution in [0.15, 0.2) is 77.0 Å². The minimum absolute atomic E-state index is 0.0137. The summed E-state index contributed by atoms with van der Waals surface area (Å²) in [6.45, 7) is 6.86. The van der Waals surface area contributed by atoms with Crippen molar-refractivity contribution in [2.75, 3.05) is 0 Å². The summed E-state index contributed by atoms with van der Waals surface area (Å²) < 4.78 is 1.83. The van der Waals surface area contributed by atoms with Crippen LogP contribution >= 0.6 is 11.8 Å². The van der Waals surface area contributed by atoms with Gasteiger partial charge in [0.05, 0.1) is 6.54 Å². The van der Waals surface area contributed by atoms with Crippen molar-refractivity contribution in [3.05, 3.63) is 72.8 Å². The Morgan fingerprint density at radius 1 is 0.885 bits per heavy atom. The Balaban J connectivity index is 1.84. The maximum atomic E-state index is 11.5. The summed E-state index contributed by atoms with van der Waals surface area (Å²) in [5.41, 5.74) is -0.0740. The van der Waals surface area contributed by atoms with Crippen LogP contribution in [0.4, 0.5) is 0 Å². The highest BCUT2D eigenvalue weighted by Crippen LogP contribution is 2.37. The normalized spacial score (nSPS) is 14.2. The molecular weight excluding hydrogens is 342 g/mol. The van der Waals surface area contributed by atoms with Crippen LogP contribution in [0, 0.1) is 5.41 Å². The zero-order valence-electron chi connectivity index (χ0n) is 15.5. The van der Waals surface area contributed by atoms with E-state index in [2.05, 4.69) is 55.2 Å². The molecule has 1 atom stereocenters. The van der Waals surface area contributed by atoms with Crippen molar-refractivity contribution in [2.45, 2.75) is 49.1 Å². The molecule has 0 aliphatic heterocycles. The lowest BCUT2D eigenvalue weighted by molar-refractivity contribution is -0.0188. The quantitative estimate of drug-likeness (QED) is 0.683. The molecule has 1 aromatic heterocycles. The molecule has 3 aromatic rings. The van der Waals surface area contributed by atoms with Gasteiger partial charge >= 0.3 is 0 Å². The molecule has 0 saturated heterocycles. The first-order chi connectivity index (χ1) is 12.3. The lowest BCUT2D eigenvalue weighted by atomic mass is 9.78. The zero-order valence-corrected chi connectivity index (χ0v) is 16.3. The lowest BCUT2D eigenvalue weighted by Gasteiger charge is -2.35. The van der Waals surface area contributed by atoms with Gasteiger partial charge in [-0.2, -0.15) is 0 Å². The van der Waals surface area contributed by atoms with Crippen molar-refractivity contribution in [1.82, 2.24) is 14.8 Å². The molecule has 0 saturated carbocycles. The van der Waals surface area contributed by atoms with Crippen LogP contribution < -0.4 is 0 Å². The van der Waals surface area contributed by atoms with Crippen LogP contribution in [-0.4, -0.2) is 19.9 Å². The molecule has 1 N–H and O–H groups in total. The van der Waals surface area contributed by atoms with Gasteiger partial charge in [0.25, 0.3) is 0 Å². The second-order valence-electron chi connectivity index (χ2n) is 7.84. The topological polar surface area (TPSA) is 50.9 Å². The van der Waals surface area contributed by atoms with E-state index in [0.29, 0.717) is 13.0 Å². The molecule has 1 unspecified atom stereocenters. The Morgan fingerprint density at radius 2 is 1.46 bits per heavy atom. The van der Waals surface area contributed by atoms with Crippen LogP contribution in [-0.2, 0) is 12.1 Å². The number of rotatable bonds is 6. The fourth-order valence-corrected chi connectivity index (χ4v) is 4.03. The first kappa shape index (κ1) is 18.7. The largest absolute Gasteiger partial charge is 0.383 e. The van der Waals surface area contributed by atoms with Gasteiger partial charge in [-0.15, -0.1) is 10.2 Å². The molecule has 0 amide bonds. The Morgan fingerprint density at radius 3 is 2.04 bits per heavy atom. The Hall–Kier alpha value is -2.11. The number of aromatic nitrogens is 3. The van der Waals surface area contributed by atoms with Crippen LogP contribution in [0.25, 0.3) is 0 Å². The second kappa shape index (κ2) is 7.64. The summed E-state index contributed by atoms with van der Waals surface area (Å²) in [6, 6.07) is 18.5. The van der Waals surface area contributed by atoms with Gasteiger partial charge in [-0.3, -0.25) is 0 Å². The van der Waals surface area contributed by atoms with Crippen molar-refractivity contribution < 1.29 is 5.11 Å². The number of benzene rings is 2. The molecule has 0 aliphatic carbocycles. The van der Waals surface area contributed by atoms with E-state index < -0.39 is 5.60 Å². The van der Waals surface area contributed by atoms with Crippen LogP contribution in [0.5, 0.6) is 0 Å². The van der Waals surface area contributed by atoms with E-state index in [-0.39, 0.29) is 5.41 Å². The molecule has 2 aromatic carbocycles. The predicted octanol–water partition coefficient (Wildman–Crippen LogP) is 4.75. The van der Waals surface area contributed by atoms with E-state index in [1.54, 1.807) is 24.4 Å². The van der Waals surface area contributed by atoms with Gasteiger partial charge in [-0.25, -0.2) is 0 Å². The third kappa shape index (κ3) is 4.96. The predicted molar refractivity (Wildman–Crippen MR) is 105 cm³/mol. The average molecular weight is 368 g/mol. The van der Waals surface area contributed by atoms with Gasteiger partial charge in [0.15, 0.2) is 0 Å². The standard InChI is InChI=1S/C21H25N3OS/c1-20(2,3)13-21(25,14-24-15-22-23-16-24)17-9-11-19(12-10-17)26-18-7-5-4-6-8-18/h4-12,15-16,25H,13-14H2,1-3H3. The van der Waals surface area contributed by atoms with Gasteiger partial charge < -0.3 is 9.67 Å². The minimum Gasteiger partial charge on any atom is -0.383 e. The molecule has 136 valence electrons. The number of aliphatic hydroxyl groups is 1. The second-order valence-corrected chi connectivity index (χ2v) is 8.99. The molecular formula is C21H25N3OS. The summed E-state index contributed by atoms with van der Waals surface area (Å²) in [4.78, 5) is 2.36. The number of hydrogen-bond donors (Lipinski definition) is 1. The number of nitrogens with zero attached hydrogens (tertiary/aromatic N) is 3. The lowest BCUT2D eigenvalue weighted by Crippen LogP contribution is -2.35. The molecule has 0 radical (unpaired) electrons. The molecule has 26 heavy (non-hydrogen) atoms. The Kier molecular flexibility index (Phi) is 5.49. The molecule has 0 spiro atoms. The van der Waals surface area contributed by atoms with Crippen molar-refractivity contribution >= 4 is 11.8 Å². The van der Waals surface area contributed by atoms with Crippen LogP contribution in [0.1, 0.15) is 32.8 Å².